The molecule has 19 heavy (non-hydrogen) atoms. The van der Waals surface area contributed by atoms with E-state index in [9.17, 15) is 9.59 Å². The molecule has 0 bridgehead atoms. The molecule has 3 nitrogen and oxygen atoms in total. The Balaban J connectivity index is 2.48. The highest BCUT2D eigenvalue weighted by atomic mass is 16.4. The lowest BCUT2D eigenvalue weighted by molar-refractivity contribution is -0.146. The molecule has 3 heteroatoms. The van der Waals surface area contributed by atoms with Gasteiger partial charge in [0, 0.05) is 6.42 Å². The molecule has 0 aliphatic heterocycles. The van der Waals surface area contributed by atoms with Crippen molar-refractivity contribution in [2.75, 3.05) is 0 Å². The zero-order valence-corrected chi connectivity index (χ0v) is 11.5. The summed E-state index contributed by atoms with van der Waals surface area (Å²) in [6.07, 6.45) is 4.23. The number of aryl methyl sites for hydroxylation is 1. The van der Waals surface area contributed by atoms with Crippen LogP contribution in [-0.4, -0.2) is 16.9 Å². The van der Waals surface area contributed by atoms with Gasteiger partial charge in [-0.3, -0.25) is 9.59 Å². The normalized spacial score (nSPS) is 12.1. The Labute approximate surface area is 114 Å². The third-order valence-electron chi connectivity index (χ3n) is 3.28. The van der Waals surface area contributed by atoms with Gasteiger partial charge < -0.3 is 5.11 Å². The first-order chi connectivity index (χ1) is 9.15. The molecule has 1 N–H and O–H groups in total. The van der Waals surface area contributed by atoms with E-state index in [1.807, 2.05) is 30.3 Å². The molecule has 1 unspecified atom stereocenters. The molecular formula is C16H22O3. The number of aliphatic carboxylic acids is 1. The van der Waals surface area contributed by atoms with E-state index in [4.69, 9.17) is 5.11 Å². The molecule has 0 fully saturated rings. The number of hydrogen-bond acceptors (Lipinski definition) is 2. The summed E-state index contributed by atoms with van der Waals surface area (Å²) in [5.41, 5.74) is 1.08. The summed E-state index contributed by atoms with van der Waals surface area (Å²) in [5, 5.41) is 9.16. The number of carboxylic acid groups (broad SMARTS) is 1. The van der Waals surface area contributed by atoms with Crippen molar-refractivity contribution in [2.24, 2.45) is 5.92 Å². The Morgan fingerprint density at radius 1 is 1.16 bits per heavy atom. The SMILES string of the molecule is CCCCCC(=O)C(CCc1ccccc1)C(=O)O. The highest BCUT2D eigenvalue weighted by Crippen LogP contribution is 2.15. The fraction of sp³-hybridized carbons (Fsp3) is 0.500. The first-order valence-corrected chi connectivity index (χ1v) is 6.94. The summed E-state index contributed by atoms with van der Waals surface area (Å²) in [5.74, 6) is -1.97. The van der Waals surface area contributed by atoms with Gasteiger partial charge in [-0.2, -0.15) is 0 Å². The van der Waals surface area contributed by atoms with Crippen molar-refractivity contribution in [3.63, 3.8) is 0 Å². The van der Waals surface area contributed by atoms with Crippen LogP contribution in [0.25, 0.3) is 0 Å². The van der Waals surface area contributed by atoms with Crippen LogP contribution in [0.2, 0.25) is 0 Å². The molecule has 0 aliphatic carbocycles. The Morgan fingerprint density at radius 2 is 1.84 bits per heavy atom. The van der Waals surface area contributed by atoms with E-state index >= 15 is 0 Å². The average molecular weight is 262 g/mol. The molecule has 0 amide bonds. The van der Waals surface area contributed by atoms with Crippen LogP contribution in [0.15, 0.2) is 30.3 Å². The number of carbonyl (C=O) groups excluding carboxylic acids is 1. The summed E-state index contributed by atoms with van der Waals surface area (Å²) in [4.78, 5) is 23.1. The molecule has 0 heterocycles. The lowest BCUT2D eigenvalue weighted by Gasteiger charge is -2.11. The quantitative estimate of drug-likeness (QED) is 0.547. The van der Waals surface area contributed by atoms with E-state index in [0.29, 0.717) is 19.3 Å². The monoisotopic (exact) mass is 262 g/mol. The van der Waals surface area contributed by atoms with E-state index < -0.39 is 11.9 Å². The smallest absolute Gasteiger partial charge is 0.314 e. The van der Waals surface area contributed by atoms with Crippen LogP contribution in [-0.2, 0) is 16.0 Å². The maximum Gasteiger partial charge on any atom is 0.314 e. The maximum absolute atomic E-state index is 11.9. The molecule has 1 aromatic rings. The van der Waals surface area contributed by atoms with E-state index in [0.717, 1.165) is 24.8 Å². The van der Waals surface area contributed by atoms with Gasteiger partial charge >= 0.3 is 5.97 Å². The number of ketones is 1. The lowest BCUT2D eigenvalue weighted by Crippen LogP contribution is -2.24. The van der Waals surface area contributed by atoms with Gasteiger partial charge in [-0.1, -0.05) is 50.1 Å². The van der Waals surface area contributed by atoms with Gasteiger partial charge in [-0.25, -0.2) is 0 Å². The Kier molecular flexibility index (Phi) is 6.86. The third kappa shape index (κ3) is 5.69. The Hall–Kier alpha value is -1.64. The van der Waals surface area contributed by atoms with Crippen molar-refractivity contribution in [3.05, 3.63) is 35.9 Å². The number of hydrogen-bond donors (Lipinski definition) is 1. The summed E-state index contributed by atoms with van der Waals surface area (Å²) in [6.45, 7) is 2.06. The first kappa shape index (κ1) is 15.4. The summed E-state index contributed by atoms with van der Waals surface area (Å²) >= 11 is 0. The molecule has 104 valence electrons. The summed E-state index contributed by atoms with van der Waals surface area (Å²) in [6, 6.07) is 9.69. The second kappa shape index (κ2) is 8.46. The van der Waals surface area contributed by atoms with Crippen molar-refractivity contribution in [1.29, 1.82) is 0 Å². The molecule has 1 rings (SSSR count). The van der Waals surface area contributed by atoms with E-state index in [1.165, 1.54) is 0 Å². The van der Waals surface area contributed by atoms with Crippen molar-refractivity contribution < 1.29 is 14.7 Å². The van der Waals surface area contributed by atoms with Gasteiger partial charge in [0.1, 0.15) is 11.7 Å². The Morgan fingerprint density at radius 3 is 2.42 bits per heavy atom. The van der Waals surface area contributed by atoms with Crippen LogP contribution < -0.4 is 0 Å². The van der Waals surface area contributed by atoms with Gasteiger partial charge in [0.05, 0.1) is 0 Å². The minimum absolute atomic E-state index is 0.128. The molecule has 0 saturated carbocycles. The maximum atomic E-state index is 11.9. The molecular weight excluding hydrogens is 240 g/mol. The summed E-state index contributed by atoms with van der Waals surface area (Å²) < 4.78 is 0. The number of benzene rings is 1. The molecule has 1 atom stereocenters. The molecule has 0 saturated heterocycles. The van der Waals surface area contributed by atoms with E-state index in [-0.39, 0.29) is 5.78 Å². The molecule has 0 spiro atoms. The average Bonchev–Trinajstić information content (AvgIpc) is 2.40. The first-order valence-electron chi connectivity index (χ1n) is 6.94. The number of unbranched alkanes of at least 4 members (excludes halogenated alkanes) is 2. The van der Waals surface area contributed by atoms with E-state index in [1.54, 1.807) is 0 Å². The van der Waals surface area contributed by atoms with Crippen LogP contribution in [0.1, 0.15) is 44.6 Å². The van der Waals surface area contributed by atoms with Crippen LogP contribution in [0, 0.1) is 5.92 Å². The predicted molar refractivity (Wildman–Crippen MR) is 75.0 cm³/mol. The van der Waals surface area contributed by atoms with Gasteiger partial charge in [0.2, 0.25) is 0 Å². The van der Waals surface area contributed by atoms with Crippen molar-refractivity contribution in [2.45, 2.75) is 45.4 Å². The minimum Gasteiger partial charge on any atom is -0.481 e. The van der Waals surface area contributed by atoms with Gasteiger partial charge in [-0.15, -0.1) is 0 Å². The van der Waals surface area contributed by atoms with Crippen LogP contribution >= 0.6 is 0 Å². The van der Waals surface area contributed by atoms with Crippen LogP contribution in [0.3, 0.4) is 0 Å². The van der Waals surface area contributed by atoms with Gasteiger partial charge in [0.25, 0.3) is 0 Å². The van der Waals surface area contributed by atoms with Crippen molar-refractivity contribution >= 4 is 11.8 Å². The highest BCUT2D eigenvalue weighted by molar-refractivity contribution is 5.98. The lowest BCUT2D eigenvalue weighted by atomic mass is 9.93. The number of Topliss-reactive ketones (excluding diaryl/α,β-unsaturated/α-hetero) is 1. The van der Waals surface area contributed by atoms with Crippen molar-refractivity contribution in [1.82, 2.24) is 0 Å². The predicted octanol–water partition coefficient (Wildman–Crippen LogP) is 3.47. The Bertz CT molecular complexity index is 398. The third-order valence-corrected chi connectivity index (χ3v) is 3.28. The zero-order chi connectivity index (χ0) is 14.1. The van der Waals surface area contributed by atoms with Crippen LogP contribution in [0.5, 0.6) is 0 Å². The summed E-state index contributed by atoms with van der Waals surface area (Å²) in [7, 11) is 0. The number of carboxylic acids is 1. The fourth-order valence-electron chi connectivity index (χ4n) is 2.10. The fourth-order valence-corrected chi connectivity index (χ4v) is 2.10. The highest BCUT2D eigenvalue weighted by Gasteiger charge is 2.24. The standard InChI is InChI=1S/C16H22O3/c1-2-3-5-10-15(17)14(16(18)19)12-11-13-8-6-4-7-9-13/h4,6-9,14H,2-3,5,10-12H2,1H3,(H,18,19). The molecule has 0 aliphatic rings. The number of rotatable bonds is 9. The molecule has 0 radical (unpaired) electrons. The number of carbonyl (C=O) groups is 2. The van der Waals surface area contributed by atoms with E-state index in [2.05, 4.69) is 6.92 Å². The molecule has 0 aromatic heterocycles. The van der Waals surface area contributed by atoms with Gasteiger partial charge in [-0.05, 0) is 24.8 Å². The minimum atomic E-state index is -0.988. The second-order valence-electron chi connectivity index (χ2n) is 4.84. The van der Waals surface area contributed by atoms with Crippen molar-refractivity contribution in [3.8, 4) is 0 Å². The zero-order valence-electron chi connectivity index (χ0n) is 11.5. The largest absolute Gasteiger partial charge is 0.481 e. The molecule has 1 aromatic carbocycles. The second-order valence-corrected chi connectivity index (χ2v) is 4.84. The van der Waals surface area contributed by atoms with Crippen LogP contribution in [0.4, 0.5) is 0 Å². The van der Waals surface area contributed by atoms with Gasteiger partial charge in [0.15, 0.2) is 0 Å². The topological polar surface area (TPSA) is 54.4 Å².